The van der Waals surface area contributed by atoms with Crippen molar-refractivity contribution in [1.82, 2.24) is 5.32 Å². The SMILES string of the molecule is C1CC2(CCOCCO2)CN1. The molecule has 1 atom stereocenters. The number of rotatable bonds is 0. The first kappa shape index (κ1) is 7.53. The molecule has 0 aromatic heterocycles. The van der Waals surface area contributed by atoms with Crippen molar-refractivity contribution < 1.29 is 9.47 Å². The summed E-state index contributed by atoms with van der Waals surface area (Å²) in [4.78, 5) is 0. The highest BCUT2D eigenvalue weighted by atomic mass is 16.5. The molecule has 64 valence electrons. The van der Waals surface area contributed by atoms with E-state index in [4.69, 9.17) is 9.47 Å². The molecule has 2 fully saturated rings. The molecular formula is C8H15NO2. The van der Waals surface area contributed by atoms with E-state index in [1.54, 1.807) is 0 Å². The molecule has 1 unspecified atom stereocenters. The van der Waals surface area contributed by atoms with E-state index in [2.05, 4.69) is 5.32 Å². The van der Waals surface area contributed by atoms with E-state index in [-0.39, 0.29) is 5.60 Å². The Balaban J connectivity index is 1.97. The Labute approximate surface area is 67.1 Å². The number of hydrogen-bond acceptors (Lipinski definition) is 3. The number of ether oxygens (including phenoxy) is 2. The van der Waals surface area contributed by atoms with E-state index >= 15 is 0 Å². The summed E-state index contributed by atoms with van der Waals surface area (Å²) in [6.07, 6.45) is 2.20. The highest BCUT2D eigenvalue weighted by molar-refractivity contribution is 4.90. The second-order valence-corrected chi connectivity index (χ2v) is 3.32. The summed E-state index contributed by atoms with van der Waals surface area (Å²) in [5.74, 6) is 0. The summed E-state index contributed by atoms with van der Waals surface area (Å²) >= 11 is 0. The fourth-order valence-corrected chi connectivity index (χ4v) is 1.81. The lowest BCUT2D eigenvalue weighted by Gasteiger charge is -2.25. The highest BCUT2D eigenvalue weighted by Crippen LogP contribution is 2.25. The zero-order chi connectivity index (χ0) is 7.57. The van der Waals surface area contributed by atoms with Crippen LogP contribution in [0.3, 0.4) is 0 Å². The Hall–Kier alpha value is -0.120. The minimum Gasteiger partial charge on any atom is -0.379 e. The molecule has 2 saturated heterocycles. The maximum Gasteiger partial charge on any atom is 0.0841 e. The van der Waals surface area contributed by atoms with Gasteiger partial charge in [0.15, 0.2) is 0 Å². The zero-order valence-corrected chi connectivity index (χ0v) is 6.77. The minimum absolute atomic E-state index is 0.122. The van der Waals surface area contributed by atoms with Crippen molar-refractivity contribution in [3.8, 4) is 0 Å². The van der Waals surface area contributed by atoms with E-state index in [1.807, 2.05) is 0 Å². The molecule has 0 aromatic rings. The molecular weight excluding hydrogens is 142 g/mol. The Morgan fingerprint density at radius 2 is 2.09 bits per heavy atom. The third-order valence-electron chi connectivity index (χ3n) is 2.54. The molecule has 1 spiro atoms. The van der Waals surface area contributed by atoms with E-state index < -0.39 is 0 Å². The van der Waals surface area contributed by atoms with Gasteiger partial charge >= 0.3 is 0 Å². The van der Waals surface area contributed by atoms with Gasteiger partial charge in [0.1, 0.15) is 0 Å². The minimum atomic E-state index is 0.122. The lowest BCUT2D eigenvalue weighted by atomic mass is 9.99. The first-order chi connectivity index (χ1) is 5.41. The summed E-state index contributed by atoms with van der Waals surface area (Å²) < 4.78 is 11.1. The van der Waals surface area contributed by atoms with Gasteiger partial charge in [0, 0.05) is 19.6 Å². The van der Waals surface area contributed by atoms with Crippen molar-refractivity contribution in [2.75, 3.05) is 32.9 Å². The summed E-state index contributed by atoms with van der Waals surface area (Å²) in [5, 5.41) is 3.33. The van der Waals surface area contributed by atoms with E-state index in [1.165, 1.54) is 0 Å². The van der Waals surface area contributed by atoms with E-state index in [9.17, 15) is 0 Å². The van der Waals surface area contributed by atoms with Crippen LogP contribution in [0.4, 0.5) is 0 Å². The fraction of sp³-hybridized carbons (Fsp3) is 1.00. The van der Waals surface area contributed by atoms with Crippen LogP contribution >= 0.6 is 0 Å². The second kappa shape index (κ2) is 3.09. The Morgan fingerprint density at radius 3 is 2.91 bits per heavy atom. The Morgan fingerprint density at radius 1 is 1.09 bits per heavy atom. The molecule has 2 rings (SSSR count). The summed E-state index contributed by atoms with van der Waals surface area (Å²) in [6.45, 7) is 4.50. The smallest absolute Gasteiger partial charge is 0.0841 e. The molecule has 0 aromatic carbocycles. The average molecular weight is 157 g/mol. The maximum atomic E-state index is 5.76. The molecule has 2 aliphatic heterocycles. The van der Waals surface area contributed by atoms with Crippen LogP contribution in [-0.4, -0.2) is 38.5 Å². The molecule has 0 saturated carbocycles. The van der Waals surface area contributed by atoms with Gasteiger partial charge < -0.3 is 14.8 Å². The van der Waals surface area contributed by atoms with Gasteiger partial charge in [0.2, 0.25) is 0 Å². The van der Waals surface area contributed by atoms with Gasteiger partial charge in [-0.1, -0.05) is 0 Å². The van der Waals surface area contributed by atoms with Gasteiger partial charge in [0.25, 0.3) is 0 Å². The van der Waals surface area contributed by atoms with Gasteiger partial charge in [0.05, 0.1) is 18.8 Å². The van der Waals surface area contributed by atoms with Crippen molar-refractivity contribution >= 4 is 0 Å². The van der Waals surface area contributed by atoms with Crippen molar-refractivity contribution in [3.63, 3.8) is 0 Å². The predicted octanol–water partition coefficient (Wildman–Crippen LogP) is 0.155. The van der Waals surface area contributed by atoms with Gasteiger partial charge in [-0.25, -0.2) is 0 Å². The standard InChI is InChI=1S/C8H15NO2/c1-3-9-7-8(1)2-4-10-5-6-11-8/h9H,1-7H2. The van der Waals surface area contributed by atoms with E-state index in [0.29, 0.717) is 0 Å². The lowest BCUT2D eigenvalue weighted by molar-refractivity contribution is -0.0235. The molecule has 2 aliphatic rings. The second-order valence-electron chi connectivity index (χ2n) is 3.32. The summed E-state index contributed by atoms with van der Waals surface area (Å²) in [6, 6.07) is 0. The topological polar surface area (TPSA) is 30.5 Å². The van der Waals surface area contributed by atoms with Crippen molar-refractivity contribution in [3.05, 3.63) is 0 Å². The fourth-order valence-electron chi connectivity index (χ4n) is 1.81. The van der Waals surface area contributed by atoms with Crippen LogP contribution in [0.25, 0.3) is 0 Å². The Bertz CT molecular complexity index is 122. The number of nitrogens with one attached hydrogen (secondary N) is 1. The highest BCUT2D eigenvalue weighted by Gasteiger charge is 2.35. The third kappa shape index (κ3) is 1.55. The normalized spacial score (nSPS) is 39.3. The molecule has 3 nitrogen and oxygen atoms in total. The van der Waals surface area contributed by atoms with E-state index in [0.717, 1.165) is 45.8 Å². The van der Waals surface area contributed by atoms with Crippen LogP contribution in [-0.2, 0) is 9.47 Å². The quantitative estimate of drug-likeness (QED) is 0.543. The van der Waals surface area contributed by atoms with Gasteiger partial charge in [-0.3, -0.25) is 0 Å². The van der Waals surface area contributed by atoms with Gasteiger partial charge in [-0.2, -0.15) is 0 Å². The predicted molar refractivity (Wildman–Crippen MR) is 41.6 cm³/mol. The molecule has 11 heavy (non-hydrogen) atoms. The first-order valence-electron chi connectivity index (χ1n) is 4.34. The van der Waals surface area contributed by atoms with Crippen molar-refractivity contribution in [2.24, 2.45) is 0 Å². The van der Waals surface area contributed by atoms with Crippen LogP contribution in [0, 0.1) is 0 Å². The summed E-state index contributed by atoms with van der Waals surface area (Å²) in [7, 11) is 0. The van der Waals surface area contributed by atoms with Crippen LogP contribution < -0.4 is 5.32 Å². The molecule has 0 amide bonds. The summed E-state index contributed by atoms with van der Waals surface area (Å²) in [5.41, 5.74) is 0.122. The van der Waals surface area contributed by atoms with Gasteiger partial charge in [-0.05, 0) is 13.0 Å². The van der Waals surface area contributed by atoms with Crippen LogP contribution in [0.1, 0.15) is 12.8 Å². The third-order valence-corrected chi connectivity index (χ3v) is 2.54. The Kier molecular flexibility index (Phi) is 2.11. The first-order valence-corrected chi connectivity index (χ1v) is 4.34. The molecule has 1 N–H and O–H groups in total. The van der Waals surface area contributed by atoms with Gasteiger partial charge in [-0.15, -0.1) is 0 Å². The molecule has 0 bridgehead atoms. The molecule has 3 heteroatoms. The zero-order valence-electron chi connectivity index (χ0n) is 6.77. The molecule has 0 aliphatic carbocycles. The maximum absolute atomic E-state index is 5.76. The molecule has 2 heterocycles. The monoisotopic (exact) mass is 157 g/mol. The average Bonchev–Trinajstić information content (AvgIpc) is 2.32. The largest absolute Gasteiger partial charge is 0.379 e. The van der Waals surface area contributed by atoms with Crippen molar-refractivity contribution in [2.45, 2.75) is 18.4 Å². The van der Waals surface area contributed by atoms with Crippen LogP contribution in [0.5, 0.6) is 0 Å². The van der Waals surface area contributed by atoms with Crippen molar-refractivity contribution in [1.29, 1.82) is 0 Å². The van der Waals surface area contributed by atoms with Crippen LogP contribution in [0.15, 0.2) is 0 Å². The molecule has 0 radical (unpaired) electrons. The number of hydrogen-bond donors (Lipinski definition) is 1. The lowest BCUT2D eigenvalue weighted by Crippen LogP contribution is -2.35. The van der Waals surface area contributed by atoms with Crippen LogP contribution in [0.2, 0.25) is 0 Å².